The van der Waals surface area contributed by atoms with Gasteiger partial charge in [0, 0.05) is 19.1 Å². The molecule has 1 N–H and O–H groups in total. The number of nitrogens with one attached hydrogen (secondary N) is 1. The average Bonchev–Trinajstić information content (AvgIpc) is 2.82. The van der Waals surface area contributed by atoms with E-state index in [0.29, 0.717) is 12.1 Å². The van der Waals surface area contributed by atoms with E-state index in [1.54, 1.807) is 0 Å². The van der Waals surface area contributed by atoms with Gasteiger partial charge in [-0.15, -0.1) is 0 Å². The first-order valence-corrected chi connectivity index (χ1v) is 7.20. The minimum Gasteiger partial charge on any atom is -0.335 e. The van der Waals surface area contributed by atoms with Crippen molar-refractivity contribution in [3.8, 4) is 0 Å². The summed E-state index contributed by atoms with van der Waals surface area (Å²) in [5, 5.41) is 3.17. The molecular formula is C14H26N2O. The van der Waals surface area contributed by atoms with Gasteiger partial charge < -0.3 is 10.2 Å². The van der Waals surface area contributed by atoms with Crippen molar-refractivity contribution in [2.45, 2.75) is 70.4 Å². The summed E-state index contributed by atoms with van der Waals surface area (Å²) in [4.78, 5) is 14.0. The molecule has 0 bridgehead atoms. The van der Waals surface area contributed by atoms with Crippen molar-refractivity contribution in [2.75, 3.05) is 7.05 Å². The fourth-order valence-corrected chi connectivity index (χ4v) is 3.14. The van der Waals surface area contributed by atoms with Crippen molar-refractivity contribution in [3.05, 3.63) is 0 Å². The SMILES string of the molecule is CC1CCC(N(C)C(=O)NC2CCCC2)CC1. The van der Waals surface area contributed by atoms with Gasteiger partial charge in [-0.05, 0) is 44.4 Å². The van der Waals surface area contributed by atoms with Crippen molar-refractivity contribution in [1.82, 2.24) is 10.2 Å². The summed E-state index contributed by atoms with van der Waals surface area (Å²) in [6, 6.07) is 1.05. The second-order valence-electron chi connectivity index (χ2n) is 5.96. The van der Waals surface area contributed by atoms with Crippen LogP contribution in [0.3, 0.4) is 0 Å². The lowest BCUT2D eigenvalue weighted by Crippen LogP contribution is -2.47. The first kappa shape index (κ1) is 12.7. The number of nitrogens with zero attached hydrogens (tertiary/aromatic N) is 1. The first-order valence-electron chi connectivity index (χ1n) is 7.20. The highest BCUT2D eigenvalue weighted by Gasteiger charge is 2.26. The maximum absolute atomic E-state index is 12.1. The Balaban J connectivity index is 1.77. The van der Waals surface area contributed by atoms with Crippen LogP contribution < -0.4 is 5.32 Å². The van der Waals surface area contributed by atoms with Crippen molar-refractivity contribution >= 4 is 6.03 Å². The number of hydrogen-bond donors (Lipinski definition) is 1. The second-order valence-corrected chi connectivity index (χ2v) is 5.96. The molecule has 0 aliphatic heterocycles. The normalized spacial score (nSPS) is 30.2. The van der Waals surface area contributed by atoms with Crippen LogP contribution in [0.2, 0.25) is 0 Å². The van der Waals surface area contributed by atoms with Crippen LogP contribution in [0.15, 0.2) is 0 Å². The Kier molecular flexibility index (Phi) is 4.30. The fourth-order valence-electron chi connectivity index (χ4n) is 3.14. The number of rotatable bonds is 2. The predicted molar refractivity (Wildman–Crippen MR) is 70.0 cm³/mol. The van der Waals surface area contributed by atoms with Crippen molar-refractivity contribution < 1.29 is 4.79 Å². The zero-order chi connectivity index (χ0) is 12.3. The van der Waals surface area contributed by atoms with E-state index in [1.165, 1.54) is 51.4 Å². The molecule has 0 aromatic rings. The molecule has 3 heteroatoms. The van der Waals surface area contributed by atoms with Crippen LogP contribution in [0.4, 0.5) is 4.79 Å². The molecule has 0 radical (unpaired) electrons. The summed E-state index contributed by atoms with van der Waals surface area (Å²) in [6.07, 6.45) is 9.77. The summed E-state index contributed by atoms with van der Waals surface area (Å²) in [7, 11) is 1.96. The number of hydrogen-bond acceptors (Lipinski definition) is 1. The highest BCUT2D eigenvalue weighted by molar-refractivity contribution is 5.74. The van der Waals surface area contributed by atoms with E-state index in [2.05, 4.69) is 12.2 Å². The Morgan fingerprint density at radius 3 is 2.24 bits per heavy atom. The van der Waals surface area contributed by atoms with Crippen LogP contribution in [0.25, 0.3) is 0 Å². The quantitative estimate of drug-likeness (QED) is 0.787. The number of carbonyl (C=O) groups is 1. The predicted octanol–water partition coefficient (Wildman–Crippen LogP) is 3.15. The van der Waals surface area contributed by atoms with Crippen LogP contribution in [0.1, 0.15) is 58.3 Å². The zero-order valence-electron chi connectivity index (χ0n) is 11.2. The van der Waals surface area contributed by atoms with Crippen molar-refractivity contribution in [2.24, 2.45) is 5.92 Å². The van der Waals surface area contributed by atoms with Crippen LogP contribution in [-0.4, -0.2) is 30.1 Å². The monoisotopic (exact) mass is 238 g/mol. The number of urea groups is 1. The second kappa shape index (κ2) is 5.74. The van der Waals surface area contributed by atoms with E-state index in [-0.39, 0.29) is 6.03 Å². The molecule has 17 heavy (non-hydrogen) atoms. The third-order valence-corrected chi connectivity index (χ3v) is 4.54. The Morgan fingerprint density at radius 2 is 1.65 bits per heavy atom. The van der Waals surface area contributed by atoms with E-state index in [1.807, 2.05) is 11.9 Å². The third-order valence-electron chi connectivity index (χ3n) is 4.54. The molecule has 2 saturated carbocycles. The highest BCUT2D eigenvalue weighted by atomic mass is 16.2. The first-order chi connectivity index (χ1) is 8.16. The maximum Gasteiger partial charge on any atom is 0.317 e. The Hall–Kier alpha value is -0.730. The largest absolute Gasteiger partial charge is 0.335 e. The molecule has 2 amide bonds. The topological polar surface area (TPSA) is 32.3 Å². The molecule has 2 fully saturated rings. The number of amides is 2. The molecule has 0 unspecified atom stereocenters. The Bertz CT molecular complexity index is 253. The molecule has 2 aliphatic carbocycles. The van der Waals surface area contributed by atoms with Gasteiger partial charge in [-0.3, -0.25) is 0 Å². The van der Waals surface area contributed by atoms with Crippen LogP contribution in [0.5, 0.6) is 0 Å². The van der Waals surface area contributed by atoms with E-state index < -0.39 is 0 Å². The van der Waals surface area contributed by atoms with Crippen LogP contribution in [-0.2, 0) is 0 Å². The van der Waals surface area contributed by atoms with Gasteiger partial charge in [-0.2, -0.15) is 0 Å². The summed E-state index contributed by atoms with van der Waals surface area (Å²) >= 11 is 0. The lowest BCUT2D eigenvalue weighted by Gasteiger charge is -2.34. The van der Waals surface area contributed by atoms with Crippen LogP contribution in [0, 0.1) is 5.92 Å². The van der Waals surface area contributed by atoms with Crippen molar-refractivity contribution in [1.29, 1.82) is 0 Å². The molecule has 0 aromatic heterocycles. The molecule has 3 nitrogen and oxygen atoms in total. The molecule has 0 aromatic carbocycles. The Morgan fingerprint density at radius 1 is 1.06 bits per heavy atom. The Labute approximate surface area is 105 Å². The van der Waals surface area contributed by atoms with E-state index in [0.717, 1.165) is 5.92 Å². The van der Waals surface area contributed by atoms with Gasteiger partial charge in [0.15, 0.2) is 0 Å². The van der Waals surface area contributed by atoms with Gasteiger partial charge in [0.05, 0.1) is 0 Å². The summed E-state index contributed by atoms with van der Waals surface area (Å²) in [6.45, 7) is 2.31. The maximum atomic E-state index is 12.1. The smallest absolute Gasteiger partial charge is 0.317 e. The van der Waals surface area contributed by atoms with Gasteiger partial charge in [-0.25, -0.2) is 4.79 Å². The minimum absolute atomic E-state index is 0.149. The van der Waals surface area contributed by atoms with E-state index >= 15 is 0 Å². The molecule has 0 atom stereocenters. The van der Waals surface area contributed by atoms with Gasteiger partial charge in [0.1, 0.15) is 0 Å². The lowest BCUT2D eigenvalue weighted by atomic mass is 9.87. The van der Waals surface area contributed by atoms with Gasteiger partial charge >= 0.3 is 6.03 Å². The molecular weight excluding hydrogens is 212 g/mol. The summed E-state index contributed by atoms with van der Waals surface area (Å²) in [5.41, 5.74) is 0. The van der Waals surface area contributed by atoms with Crippen molar-refractivity contribution in [3.63, 3.8) is 0 Å². The summed E-state index contributed by atoms with van der Waals surface area (Å²) in [5.74, 6) is 0.845. The molecule has 0 heterocycles. The summed E-state index contributed by atoms with van der Waals surface area (Å²) < 4.78 is 0. The zero-order valence-corrected chi connectivity index (χ0v) is 11.2. The number of carbonyl (C=O) groups excluding carboxylic acids is 1. The third kappa shape index (κ3) is 3.36. The highest BCUT2D eigenvalue weighted by Crippen LogP contribution is 2.26. The van der Waals surface area contributed by atoms with E-state index in [4.69, 9.17) is 0 Å². The van der Waals surface area contributed by atoms with Gasteiger partial charge in [0.2, 0.25) is 0 Å². The fraction of sp³-hybridized carbons (Fsp3) is 0.929. The standard InChI is InChI=1S/C14H26N2O/c1-11-7-9-13(10-8-11)16(2)14(17)15-12-5-3-4-6-12/h11-13H,3-10H2,1-2H3,(H,15,17). The molecule has 0 saturated heterocycles. The van der Waals surface area contributed by atoms with Gasteiger partial charge in [0.25, 0.3) is 0 Å². The minimum atomic E-state index is 0.149. The van der Waals surface area contributed by atoms with E-state index in [9.17, 15) is 4.79 Å². The molecule has 2 rings (SSSR count). The average molecular weight is 238 g/mol. The molecule has 98 valence electrons. The lowest BCUT2D eigenvalue weighted by molar-refractivity contribution is 0.160. The molecule has 0 spiro atoms. The van der Waals surface area contributed by atoms with Crippen LogP contribution >= 0.6 is 0 Å². The molecule has 2 aliphatic rings. The van der Waals surface area contributed by atoms with Gasteiger partial charge in [-0.1, -0.05) is 19.8 Å².